The lowest BCUT2D eigenvalue weighted by molar-refractivity contribution is 0.412. The zero-order valence-corrected chi connectivity index (χ0v) is 11.5. The predicted octanol–water partition coefficient (Wildman–Crippen LogP) is 2.33. The van der Waals surface area contributed by atoms with E-state index in [1.54, 1.807) is 12.1 Å². The second-order valence-electron chi connectivity index (χ2n) is 4.34. The average molecular weight is 276 g/mol. The van der Waals surface area contributed by atoms with Crippen molar-refractivity contribution in [2.45, 2.75) is 30.2 Å². The standard InChI is InChI=1S/C12H17NO2S.ClH/c1-16(14,15)11-7-5-10(6-8-11)12-4-2-3-9-13-12;/h5-8,12-13H,2-4,9H2,1H3;1H. The molecule has 0 bridgehead atoms. The Morgan fingerprint density at radius 3 is 2.29 bits per heavy atom. The lowest BCUT2D eigenvalue weighted by atomic mass is 9.98. The molecule has 3 nitrogen and oxygen atoms in total. The minimum absolute atomic E-state index is 0. The number of nitrogens with one attached hydrogen (secondary N) is 1. The van der Waals surface area contributed by atoms with Crippen LogP contribution < -0.4 is 5.32 Å². The second-order valence-corrected chi connectivity index (χ2v) is 6.36. The summed E-state index contributed by atoms with van der Waals surface area (Å²) in [5.41, 5.74) is 1.19. The third-order valence-corrected chi connectivity index (χ3v) is 4.15. The Hall–Kier alpha value is -0.580. The van der Waals surface area contributed by atoms with E-state index in [4.69, 9.17) is 0 Å². The molecule has 1 aliphatic rings. The summed E-state index contributed by atoms with van der Waals surface area (Å²) in [6.07, 6.45) is 4.85. The van der Waals surface area contributed by atoms with Crippen molar-refractivity contribution in [2.24, 2.45) is 0 Å². The molecule has 1 saturated heterocycles. The van der Waals surface area contributed by atoms with Gasteiger partial charge in [-0.05, 0) is 37.1 Å². The molecule has 96 valence electrons. The molecular formula is C12H18ClNO2S. The first-order valence-corrected chi connectivity index (χ1v) is 7.50. The van der Waals surface area contributed by atoms with Gasteiger partial charge in [0, 0.05) is 12.3 Å². The van der Waals surface area contributed by atoms with Gasteiger partial charge in [0.1, 0.15) is 0 Å². The fourth-order valence-electron chi connectivity index (χ4n) is 2.08. The van der Waals surface area contributed by atoms with E-state index in [1.165, 1.54) is 24.7 Å². The third kappa shape index (κ3) is 3.69. The maximum atomic E-state index is 11.3. The quantitative estimate of drug-likeness (QED) is 0.901. The lowest BCUT2D eigenvalue weighted by Crippen LogP contribution is -2.26. The lowest BCUT2D eigenvalue weighted by Gasteiger charge is -2.23. The molecule has 2 rings (SSSR count). The molecule has 0 aliphatic carbocycles. The SMILES string of the molecule is CS(=O)(=O)c1ccc(C2CCCCN2)cc1.Cl. The van der Waals surface area contributed by atoms with E-state index in [0.717, 1.165) is 13.0 Å². The number of rotatable bonds is 2. The molecule has 1 fully saturated rings. The van der Waals surface area contributed by atoms with Crippen LogP contribution in [0.5, 0.6) is 0 Å². The molecule has 1 heterocycles. The molecule has 0 saturated carbocycles. The summed E-state index contributed by atoms with van der Waals surface area (Å²) in [6.45, 7) is 1.05. The summed E-state index contributed by atoms with van der Waals surface area (Å²) >= 11 is 0. The van der Waals surface area contributed by atoms with Crippen LogP contribution in [-0.2, 0) is 9.84 Å². The van der Waals surface area contributed by atoms with Gasteiger partial charge in [-0.25, -0.2) is 8.42 Å². The van der Waals surface area contributed by atoms with Crippen molar-refractivity contribution in [3.8, 4) is 0 Å². The maximum Gasteiger partial charge on any atom is 0.175 e. The number of piperidine rings is 1. The normalized spacial score (nSPS) is 20.6. The van der Waals surface area contributed by atoms with Crippen LogP contribution in [0.25, 0.3) is 0 Å². The van der Waals surface area contributed by atoms with Gasteiger partial charge < -0.3 is 5.32 Å². The van der Waals surface area contributed by atoms with Gasteiger partial charge in [-0.2, -0.15) is 0 Å². The van der Waals surface area contributed by atoms with E-state index in [-0.39, 0.29) is 12.4 Å². The monoisotopic (exact) mass is 275 g/mol. The highest BCUT2D eigenvalue weighted by atomic mass is 35.5. The number of halogens is 1. The van der Waals surface area contributed by atoms with Gasteiger partial charge in [-0.15, -0.1) is 12.4 Å². The zero-order chi connectivity index (χ0) is 11.6. The van der Waals surface area contributed by atoms with Crippen LogP contribution in [-0.4, -0.2) is 21.2 Å². The Balaban J connectivity index is 0.00000144. The third-order valence-electron chi connectivity index (χ3n) is 3.02. The van der Waals surface area contributed by atoms with Gasteiger partial charge in [0.05, 0.1) is 4.90 Å². The summed E-state index contributed by atoms with van der Waals surface area (Å²) in [5.74, 6) is 0. The molecule has 1 aromatic carbocycles. The molecule has 0 amide bonds. The van der Waals surface area contributed by atoms with Crippen molar-refractivity contribution in [1.29, 1.82) is 0 Å². The predicted molar refractivity (Wildman–Crippen MR) is 71.4 cm³/mol. The minimum Gasteiger partial charge on any atom is -0.310 e. The van der Waals surface area contributed by atoms with Crippen LogP contribution in [0.3, 0.4) is 0 Å². The summed E-state index contributed by atoms with van der Waals surface area (Å²) in [4.78, 5) is 0.395. The van der Waals surface area contributed by atoms with Gasteiger partial charge in [-0.3, -0.25) is 0 Å². The van der Waals surface area contributed by atoms with E-state index < -0.39 is 9.84 Å². The van der Waals surface area contributed by atoms with Crippen molar-refractivity contribution < 1.29 is 8.42 Å². The first kappa shape index (κ1) is 14.5. The summed E-state index contributed by atoms with van der Waals surface area (Å²) < 4.78 is 22.6. The number of hydrogen-bond donors (Lipinski definition) is 1. The van der Waals surface area contributed by atoms with E-state index >= 15 is 0 Å². The van der Waals surface area contributed by atoms with Gasteiger partial charge in [0.25, 0.3) is 0 Å². The molecule has 5 heteroatoms. The van der Waals surface area contributed by atoms with Gasteiger partial charge in [-0.1, -0.05) is 18.6 Å². The Bertz CT molecular complexity index is 450. The molecule has 17 heavy (non-hydrogen) atoms. The molecule has 1 aromatic rings. The molecule has 1 N–H and O–H groups in total. The highest BCUT2D eigenvalue weighted by Crippen LogP contribution is 2.23. The highest BCUT2D eigenvalue weighted by Gasteiger charge is 2.15. The average Bonchev–Trinajstić information content (AvgIpc) is 2.29. The summed E-state index contributed by atoms with van der Waals surface area (Å²) in [5, 5.41) is 3.44. The first-order chi connectivity index (χ1) is 7.57. The van der Waals surface area contributed by atoms with Crippen LogP contribution >= 0.6 is 12.4 Å². The fourth-order valence-corrected chi connectivity index (χ4v) is 2.71. The van der Waals surface area contributed by atoms with Crippen molar-refractivity contribution in [3.05, 3.63) is 29.8 Å². The Morgan fingerprint density at radius 2 is 1.82 bits per heavy atom. The summed E-state index contributed by atoms with van der Waals surface area (Å²) in [7, 11) is -3.07. The molecule has 1 unspecified atom stereocenters. The van der Waals surface area contributed by atoms with Gasteiger partial charge >= 0.3 is 0 Å². The largest absolute Gasteiger partial charge is 0.310 e. The molecular weight excluding hydrogens is 258 g/mol. The molecule has 1 aliphatic heterocycles. The zero-order valence-electron chi connectivity index (χ0n) is 9.85. The van der Waals surface area contributed by atoms with E-state index in [2.05, 4.69) is 5.32 Å². The van der Waals surface area contributed by atoms with Crippen LogP contribution in [0, 0.1) is 0 Å². The van der Waals surface area contributed by atoms with E-state index in [9.17, 15) is 8.42 Å². The minimum atomic E-state index is -3.07. The van der Waals surface area contributed by atoms with Crippen molar-refractivity contribution >= 4 is 22.2 Å². The summed E-state index contributed by atoms with van der Waals surface area (Å²) in [6, 6.07) is 7.61. The molecule has 1 atom stereocenters. The first-order valence-electron chi connectivity index (χ1n) is 5.61. The molecule has 0 aromatic heterocycles. The van der Waals surface area contributed by atoms with E-state index in [1.807, 2.05) is 12.1 Å². The van der Waals surface area contributed by atoms with Crippen molar-refractivity contribution in [3.63, 3.8) is 0 Å². The van der Waals surface area contributed by atoms with Crippen LogP contribution in [0.1, 0.15) is 30.9 Å². The smallest absolute Gasteiger partial charge is 0.175 e. The topological polar surface area (TPSA) is 46.2 Å². The van der Waals surface area contributed by atoms with Crippen molar-refractivity contribution in [1.82, 2.24) is 5.32 Å². The molecule has 0 radical (unpaired) electrons. The number of sulfone groups is 1. The Kier molecular flexibility index (Phi) is 4.98. The number of hydrogen-bond acceptors (Lipinski definition) is 3. The van der Waals surface area contributed by atoms with Crippen LogP contribution in [0.2, 0.25) is 0 Å². The fraction of sp³-hybridized carbons (Fsp3) is 0.500. The van der Waals surface area contributed by atoms with E-state index in [0.29, 0.717) is 10.9 Å². The van der Waals surface area contributed by atoms with Crippen LogP contribution in [0.4, 0.5) is 0 Å². The Morgan fingerprint density at radius 1 is 1.18 bits per heavy atom. The van der Waals surface area contributed by atoms with Gasteiger partial charge in [0.15, 0.2) is 9.84 Å². The van der Waals surface area contributed by atoms with Crippen molar-refractivity contribution in [2.75, 3.05) is 12.8 Å². The van der Waals surface area contributed by atoms with Crippen LogP contribution in [0.15, 0.2) is 29.2 Å². The maximum absolute atomic E-state index is 11.3. The highest BCUT2D eigenvalue weighted by molar-refractivity contribution is 7.90. The Labute approximate surface area is 109 Å². The second kappa shape index (κ2) is 5.85. The van der Waals surface area contributed by atoms with Gasteiger partial charge in [0.2, 0.25) is 0 Å². The number of benzene rings is 1. The molecule has 0 spiro atoms.